The van der Waals surface area contributed by atoms with Crippen LogP contribution in [0.15, 0.2) is 11.6 Å². The van der Waals surface area contributed by atoms with Gasteiger partial charge >= 0.3 is 0 Å². The fourth-order valence-electron chi connectivity index (χ4n) is 7.10. The highest BCUT2D eigenvalue weighted by molar-refractivity contribution is 5.04. The number of fused-ring (bicyclic) bond motifs is 1. The van der Waals surface area contributed by atoms with Gasteiger partial charge in [-0.3, -0.25) is 0 Å². The third-order valence-corrected chi connectivity index (χ3v) is 9.11. The quantitative estimate of drug-likeness (QED) is 0.401. The van der Waals surface area contributed by atoms with Gasteiger partial charge in [-0.25, -0.2) is 0 Å². The van der Waals surface area contributed by atoms with Crippen molar-refractivity contribution in [2.45, 2.75) is 112 Å². The molecular formula is C26H46. The van der Waals surface area contributed by atoms with E-state index in [4.69, 9.17) is 0 Å². The molecule has 2 unspecified atom stereocenters. The molecule has 0 nitrogen and oxygen atoms in total. The van der Waals surface area contributed by atoms with E-state index in [9.17, 15) is 0 Å². The molecule has 0 N–H and O–H groups in total. The monoisotopic (exact) mass is 358 g/mol. The van der Waals surface area contributed by atoms with Crippen molar-refractivity contribution in [1.82, 2.24) is 0 Å². The van der Waals surface area contributed by atoms with Crippen molar-refractivity contribution in [1.29, 1.82) is 0 Å². The Balaban J connectivity index is 1.60. The van der Waals surface area contributed by atoms with Crippen LogP contribution in [0.1, 0.15) is 112 Å². The summed E-state index contributed by atoms with van der Waals surface area (Å²) in [5, 5.41) is 0. The molecule has 0 aromatic heterocycles. The third kappa shape index (κ3) is 4.59. The van der Waals surface area contributed by atoms with Crippen molar-refractivity contribution in [3.8, 4) is 0 Å². The van der Waals surface area contributed by atoms with Crippen molar-refractivity contribution in [2.75, 3.05) is 0 Å². The second-order valence-corrected chi connectivity index (χ2v) is 11.1. The SMILES string of the molecule is C/C(=C\CC1CCC[C@]2(C)CCCC12)C[C@@H](C1CCCC1)[C@@H](C)C(C)C. The fraction of sp³-hybridized carbons (Fsp3) is 0.923. The number of rotatable bonds is 7. The van der Waals surface area contributed by atoms with Crippen molar-refractivity contribution >= 4 is 0 Å². The molecule has 0 heterocycles. The molecule has 5 atom stereocenters. The van der Waals surface area contributed by atoms with Crippen molar-refractivity contribution in [2.24, 2.45) is 40.9 Å². The molecule has 0 amide bonds. The predicted molar refractivity (Wildman–Crippen MR) is 115 cm³/mol. The molecule has 0 radical (unpaired) electrons. The summed E-state index contributed by atoms with van der Waals surface area (Å²) in [5.74, 6) is 5.64. The van der Waals surface area contributed by atoms with Gasteiger partial charge in [0.05, 0.1) is 0 Å². The van der Waals surface area contributed by atoms with Crippen LogP contribution in [0, 0.1) is 40.9 Å². The van der Waals surface area contributed by atoms with E-state index in [-0.39, 0.29) is 0 Å². The predicted octanol–water partition coefficient (Wildman–Crippen LogP) is 8.42. The van der Waals surface area contributed by atoms with Crippen LogP contribution in [-0.4, -0.2) is 0 Å². The first kappa shape index (κ1) is 20.5. The summed E-state index contributed by atoms with van der Waals surface area (Å²) >= 11 is 0. The maximum absolute atomic E-state index is 2.68. The second kappa shape index (κ2) is 8.83. The zero-order valence-electron chi connectivity index (χ0n) is 18.5. The molecule has 0 aromatic rings. The van der Waals surface area contributed by atoms with Gasteiger partial charge in [-0.05, 0) is 86.4 Å². The van der Waals surface area contributed by atoms with E-state index in [2.05, 4.69) is 40.7 Å². The highest BCUT2D eigenvalue weighted by Gasteiger charge is 2.44. The molecule has 0 bridgehead atoms. The summed E-state index contributed by atoms with van der Waals surface area (Å²) in [5.41, 5.74) is 2.41. The third-order valence-electron chi connectivity index (χ3n) is 9.11. The summed E-state index contributed by atoms with van der Waals surface area (Å²) in [6.45, 7) is 12.5. The van der Waals surface area contributed by atoms with E-state index in [1.165, 1.54) is 77.0 Å². The Bertz CT molecular complexity index is 464. The van der Waals surface area contributed by atoms with Gasteiger partial charge in [0.15, 0.2) is 0 Å². The Kier molecular flexibility index (Phi) is 6.95. The Morgan fingerprint density at radius 2 is 1.62 bits per heavy atom. The van der Waals surface area contributed by atoms with E-state index in [0.29, 0.717) is 5.41 Å². The molecule has 0 spiro atoms. The lowest BCUT2D eigenvalue weighted by molar-refractivity contribution is 0.0903. The molecule has 3 saturated carbocycles. The zero-order valence-corrected chi connectivity index (χ0v) is 18.5. The standard InChI is InChI=1S/C26H46/c1-19(2)21(4)24(22-10-6-7-11-22)18-20(3)14-15-23-12-8-16-26(5)17-9-13-25(23)26/h14,19,21-25H,6-13,15-18H2,1-5H3/b20-14+/t21-,23?,24+,25?,26+/m0/s1. The Labute approximate surface area is 164 Å². The summed E-state index contributed by atoms with van der Waals surface area (Å²) in [6.07, 6.45) is 20.4. The Morgan fingerprint density at radius 1 is 0.962 bits per heavy atom. The van der Waals surface area contributed by atoms with E-state index < -0.39 is 0 Å². The molecule has 3 fully saturated rings. The lowest BCUT2D eigenvalue weighted by Gasteiger charge is -2.42. The highest BCUT2D eigenvalue weighted by Crippen LogP contribution is 2.55. The number of hydrogen-bond acceptors (Lipinski definition) is 0. The zero-order chi connectivity index (χ0) is 18.7. The smallest absolute Gasteiger partial charge is 0.0289 e. The summed E-state index contributed by atoms with van der Waals surface area (Å²) < 4.78 is 0. The number of allylic oxidation sites excluding steroid dienone is 2. The van der Waals surface area contributed by atoms with E-state index in [0.717, 1.165) is 35.5 Å². The van der Waals surface area contributed by atoms with Crippen LogP contribution in [0.4, 0.5) is 0 Å². The summed E-state index contributed by atoms with van der Waals surface area (Å²) in [6, 6.07) is 0. The van der Waals surface area contributed by atoms with Gasteiger partial charge < -0.3 is 0 Å². The van der Waals surface area contributed by atoms with Crippen molar-refractivity contribution in [3.05, 3.63) is 11.6 Å². The van der Waals surface area contributed by atoms with Crippen LogP contribution in [0.25, 0.3) is 0 Å². The van der Waals surface area contributed by atoms with E-state index in [1.807, 2.05) is 0 Å². The first-order chi connectivity index (χ1) is 12.4. The fourth-order valence-corrected chi connectivity index (χ4v) is 7.10. The minimum Gasteiger partial charge on any atom is -0.0853 e. The second-order valence-electron chi connectivity index (χ2n) is 11.1. The lowest BCUT2D eigenvalue weighted by atomic mass is 9.63. The van der Waals surface area contributed by atoms with Crippen LogP contribution < -0.4 is 0 Å². The van der Waals surface area contributed by atoms with Crippen molar-refractivity contribution < 1.29 is 0 Å². The average Bonchev–Trinajstić information content (AvgIpc) is 3.26. The molecule has 3 aliphatic carbocycles. The van der Waals surface area contributed by atoms with Gasteiger partial charge in [0, 0.05) is 0 Å². The first-order valence-corrected chi connectivity index (χ1v) is 12.1. The molecule has 0 aliphatic heterocycles. The molecule has 3 aliphatic rings. The normalized spacial score (nSPS) is 35.7. The maximum Gasteiger partial charge on any atom is -0.0289 e. The summed E-state index contributed by atoms with van der Waals surface area (Å²) in [7, 11) is 0. The van der Waals surface area contributed by atoms with Gasteiger partial charge in [-0.2, -0.15) is 0 Å². The van der Waals surface area contributed by atoms with Crippen LogP contribution in [0.5, 0.6) is 0 Å². The molecule has 3 rings (SSSR count). The van der Waals surface area contributed by atoms with Crippen LogP contribution in [-0.2, 0) is 0 Å². The number of hydrogen-bond donors (Lipinski definition) is 0. The molecule has 0 saturated heterocycles. The van der Waals surface area contributed by atoms with E-state index >= 15 is 0 Å². The first-order valence-electron chi connectivity index (χ1n) is 12.1. The van der Waals surface area contributed by atoms with Crippen LogP contribution >= 0.6 is 0 Å². The Hall–Kier alpha value is -0.260. The van der Waals surface area contributed by atoms with Crippen LogP contribution in [0.3, 0.4) is 0 Å². The van der Waals surface area contributed by atoms with Crippen LogP contribution in [0.2, 0.25) is 0 Å². The largest absolute Gasteiger partial charge is 0.0853 e. The van der Waals surface area contributed by atoms with Gasteiger partial charge in [-0.15, -0.1) is 0 Å². The molecule has 0 heteroatoms. The molecule has 26 heavy (non-hydrogen) atoms. The molecule has 0 aromatic carbocycles. The highest BCUT2D eigenvalue weighted by atomic mass is 14.5. The minimum absolute atomic E-state index is 0.698. The van der Waals surface area contributed by atoms with Gasteiger partial charge in [0.25, 0.3) is 0 Å². The Morgan fingerprint density at radius 3 is 2.27 bits per heavy atom. The van der Waals surface area contributed by atoms with Gasteiger partial charge in [0.1, 0.15) is 0 Å². The maximum atomic E-state index is 2.68. The average molecular weight is 359 g/mol. The molecule has 150 valence electrons. The summed E-state index contributed by atoms with van der Waals surface area (Å²) in [4.78, 5) is 0. The van der Waals surface area contributed by atoms with E-state index in [1.54, 1.807) is 5.57 Å². The van der Waals surface area contributed by atoms with Gasteiger partial charge in [-0.1, -0.05) is 77.9 Å². The lowest BCUT2D eigenvalue weighted by Crippen LogP contribution is -2.32. The minimum atomic E-state index is 0.698. The van der Waals surface area contributed by atoms with Crippen molar-refractivity contribution in [3.63, 3.8) is 0 Å². The molecular weight excluding hydrogens is 312 g/mol. The van der Waals surface area contributed by atoms with Gasteiger partial charge in [0.2, 0.25) is 0 Å². The topological polar surface area (TPSA) is 0 Å².